The van der Waals surface area contributed by atoms with Crippen molar-refractivity contribution in [1.82, 2.24) is 5.06 Å². The van der Waals surface area contributed by atoms with Crippen molar-refractivity contribution in [2.75, 3.05) is 38.2 Å². The number of piperazine rings is 1. The van der Waals surface area contributed by atoms with E-state index in [2.05, 4.69) is 15.9 Å². The van der Waals surface area contributed by atoms with Crippen molar-refractivity contribution in [3.05, 3.63) is 9.85 Å². The first kappa shape index (κ1) is 14.2. The number of thiophene rings is 1. The lowest BCUT2D eigenvalue weighted by Gasteiger charge is -2.34. The monoisotopic (exact) mass is 356 g/mol. The van der Waals surface area contributed by atoms with Crippen molar-refractivity contribution in [1.29, 1.82) is 0 Å². The zero-order chi connectivity index (χ0) is 13.3. The molecule has 0 aromatic carbocycles. The quantitative estimate of drug-likeness (QED) is 0.826. The largest absolute Gasteiger partial charge is 0.367 e. The highest BCUT2D eigenvalue weighted by Gasteiger charge is 2.26. The molecule has 0 radical (unpaired) electrons. The minimum atomic E-state index is -4.18. The maximum Gasteiger partial charge on any atom is 0.306 e. The van der Waals surface area contributed by atoms with Gasteiger partial charge < -0.3 is 9.74 Å². The summed E-state index contributed by atoms with van der Waals surface area (Å²) >= 11 is 4.26. The predicted octanol–water partition coefficient (Wildman–Crippen LogP) is 1.44. The summed E-state index contributed by atoms with van der Waals surface area (Å²) in [4.78, 5) is 7.04. The van der Waals surface area contributed by atoms with Gasteiger partial charge in [0.15, 0.2) is 4.21 Å². The van der Waals surface area contributed by atoms with Crippen LogP contribution < -0.4 is 4.90 Å². The molecule has 18 heavy (non-hydrogen) atoms. The first-order chi connectivity index (χ1) is 8.41. The Morgan fingerprint density at radius 1 is 1.39 bits per heavy atom. The van der Waals surface area contributed by atoms with Crippen molar-refractivity contribution in [2.45, 2.75) is 4.21 Å². The number of rotatable bonds is 3. The molecule has 1 aromatic rings. The normalized spacial score (nSPS) is 18.3. The molecule has 0 saturated carbocycles. The summed E-state index contributed by atoms with van der Waals surface area (Å²) in [7, 11) is -2.57. The van der Waals surface area contributed by atoms with E-state index in [4.69, 9.17) is 4.84 Å². The lowest BCUT2D eigenvalue weighted by Crippen LogP contribution is -2.46. The zero-order valence-corrected chi connectivity index (χ0v) is 12.9. The van der Waals surface area contributed by atoms with Crippen LogP contribution in [0.15, 0.2) is 14.1 Å². The molecule has 6 nitrogen and oxygen atoms in total. The fraction of sp³-hybridized carbons (Fsp3) is 0.556. The van der Waals surface area contributed by atoms with Crippen LogP contribution in [0.5, 0.6) is 0 Å². The van der Waals surface area contributed by atoms with Gasteiger partial charge in [0, 0.05) is 26.2 Å². The molecule has 2 heterocycles. The smallest absolute Gasteiger partial charge is 0.306 e. The van der Waals surface area contributed by atoms with E-state index in [1.165, 1.54) is 0 Å². The second kappa shape index (κ2) is 5.43. The Balaban J connectivity index is 2.24. The molecule has 1 fully saturated rings. The minimum Gasteiger partial charge on any atom is -0.367 e. The molecule has 1 aliphatic rings. The van der Waals surface area contributed by atoms with Crippen LogP contribution in [0.2, 0.25) is 0 Å². The molecule has 0 unspecified atom stereocenters. The Morgan fingerprint density at radius 3 is 2.50 bits per heavy atom. The highest BCUT2D eigenvalue weighted by molar-refractivity contribution is 9.11. The highest BCUT2D eigenvalue weighted by atomic mass is 79.9. The molecule has 0 atom stereocenters. The van der Waals surface area contributed by atoms with E-state index in [0.29, 0.717) is 35.7 Å². The van der Waals surface area contributed by atoms with Crippen molar-refractivity contribution >= 4 is 43.1 Å². The Bertz CT molecular complexity index is 523. The van der Waals surface area contributed by atoms with Crippen molar-refractivity contribution < 1.29 is 17.8 Å². The van der Waals surface area contributed by atoms with E-state index in [1.54, 1.807) is 13.2 Å². The van der Waals surface area contributed by atoms with Crippen molar-refractivity contribution in [3.8, 4) is 0 Å². The minimum absolute atomic E-state index is 0.0137. The maximum atomic E-state index is 11.3. The average molecular weight is 357 g/mol. The fourth-order valence-electron chi connectivity index (χ4n) is 1.85. The Labute approximate surface area is 118 Å². The summed E-state index contributed by atoms with van der Waals surface area (Å²) in [6.45, 7) is 2.68. The van der Waals surface area contributed by atoms with E-state index in [1.807, 2.05) is 9.96 Å². The van der Waals surface area contributed by atoms with Gasteiger partial charge in [-0.25, -0.2) is 0 Å². The molecular formula is C9H13BrN2O4S2. The summed E-state index contributed by atoms with van der Waals surface area (Å²) in [5.74, 6) is 0. The molecule has 0 aliphatic carbocycles. The van der Waals surface area contributed by atoms with Crippen LogP contribution >= 0.6 is 27.3 Å². The molecule has 1 aromatic heterocycles. The maximum absolute atomic E-state index is 11.3. The van der Waals surface area contributed by atoms with Crippen LogP contribution in [0.4, 0.5) is 5.69 Å². The number of hydrogen-bond acceptors (Lipinski definition) is 6. The number of halogens is 1. The average Bonchev–Trinajstić information content (AvgIpc) is 2.71. The molecule has 1 N–H and O–H groups in total. The summed E-state index contributed by atoms with van der Waals surface area (Å²) in [5.41, 5.74) is 0.546. The van der Waals surface area contributed by atoms with Crippen LogP contribution in [-0.4, -0.2) is 51.3 Å². The van der Waals surface area contributed by atoms with Crippen LogP contribution in [-0.2, 0) is 15.0 Å². The Hall–Kier alpha value is -0.190. The van der Waals surface area contributed by atoms with E-state index < -0.39 is 10.1 Å². The van der Waals surface area contributed by atoms with Gasteiger partial charge in [0.25, 0.3) is 0 Å². The molecule has 1 aliphatic heterocycles. The molecule has 9 heteroatoms. The number of anilines is 1. The lowest BCUT2D eigenvalue weighted by atomic mass is 10.3. The second-order valence-electron chi connectivity index (χ2n) is 3.80. The third-order valence-electron chi connectivity index (χ3n) is 2.72. The number of hydrogen-bond donors (Lipinski definition) is 1. The van der Waals surface area contributed by atoms with E-state index in [9.17, 15) is 13.0 Å². The second-order valence-corrected chi connectivity index (χ2v) is 7.85. The van der Waals surface area contributed by atoms with Gasteiger partial charge in [-0.05, 0) is 22.0 Å². The van der Waals surface area contributed by atoms with Crippen LogP contribution in [0.25, 0.3) is 0 Å². The van der Waals surface area contributed by atoms with Crippen LogP contribution in [0.3, 0.4) is 0 Å². The van der Waals surface area contributed by atoms with Gasteiger partial charge in [-0.3, -0.25) is 4.55 Å². The SMILES string of the molecule is CON1CCN(c2cc(Br)sc2S(=O)(=O)O)CC1. The van der Waals surface area contributed by atoms with Crippen molar-refractivity contribution in [3.63, 3.8) is 0 Å². The predicted molar refractivity (Wildman–Crippen MR) is 72.6 cm³/mol. The first-order valence-corrected chi connectivity index (χ1v) is 8.27. The molecule has 0 bridgehead atoms. The summed E-state index contributed by atoms with van der Waals surface area (Å²) in [6, 6.07) is 1.72. The van der Waals surface area contributed by atoms with Crippen LogP contribution in [0, 0.1) is 0 Å². The first-order valence-electron chi connectivity index (χ1n) is 5.22. The van der Waals surface area contributed by atoms with Gasteiger partial charge in [-0.1, -0.05) is 0 Å². The molecule has 0 amide bonds. The topological polar surface area (TPSA) is 70.1 Å². The van der Waals surface area contributed by atoms with E-state index in [0.717, 1.165) is 11.3 Å². The highest BCUT2D eigenvalue weighted by Crippen LogP contribution is 2.37. The summed E-state index contributed by atoms with van der Waals surface area (Å²) in [6.07, 6.45) is 0. The Morgan fingerprint density at radius 2 is 2.00 bits per heavy atom. The van der Waals surface area contributed by atoms with Gasteiger partial charge in [0.05, 0.1) is 16.6 Å². The Kier molecular flexibility index (Phi) is 4.29. The van der Waals surface area contributed by atoms with Gasteiger partial charge in [-0.2, -0.15) is 13.5 Å². The van der Waals surface area contributed by atoms with Gasteiger partial charge in [-0.15, -0.1) is 11.3 Å². The number of nitrogens with zero attached hydrogens (tertiary/aromatic N) is 2. The molecule has 102 valence electrons. The molecule has 2 rings (SSSR count). The van der Waals surface area contributed by atoms with E-state index >= 15 is 0 Å². The van der Waals surface area contributed by atoms with E-state index in [-0.39, 0.29) is 4.21 Å². The van der Waals surface area contributed by atoms with Crippen molar-refractivity contribution in [2.24, 2.45) is 0 Å². The van der Waals surface area contributed by atoms with Gasteiger partial charge in [0.1, 0.15) is 0 Å². The number of hydroxylamine groups is 2. The fourth-order valence-corrected chi connectivity index (χ4v) is 4.66. The molecule has 1 saturated heterocycles. The molecular weight excluding hydrogens is 344 g/mol. The van der Waals surface area contributed by atoms with Gasteiger partial charge >= 0.3 is 10.1 Å². The lowest BCUT2D eigenvalue weighted by molar-refractivity contribution is -0.133. The standard InChI is InChI=1S/C9H13BrN2O4S2/c1-16-12-4-2-11(3-5-12)7-6-8(10)17-9(7)18(13,14)15/h6H,2-5H2,1H3,(H,13,14,15). The summed E-state index contributed by atoms with van der Waals surface area (Å²) in [5, 5.41) is 1.81. The molecule has 0 spiro atoms. The van der Waals surface area contributed by atoms with Crippen LogP contribution in [0.1, 0.15) is 0 Å². The third-order valence-corrected chi connectivity index (χ3v) is 5.70. The summed E-state index contributed by atoms with van der Waals surface area (Å²) < 4.78 is 32.5. The zero-order valence-electron chi connectivity index (χ0n) is 9.67. The third kappa shape index (κ3) is 3.03. The van der Waals surface area contributed by atoms with Gasteiger partial charge in [0.2, 0.25) is 0 Å².